The lowest BCUT2D eigenvalue weighted by atomic mass is 9.96. The number of aromatic nitrogens is 1. The van der Waals surface area contributed by atoms with Crippen molar-refractivity contribution in [2.24, 2.45) is 5.92 Å². The highest BCUT2D eigenvalue weighted by Gasteiger charge is 2.42. The highest BCUT2D eigenvalue weighted by atomic mass is 33.1. The maximum atomic E-state index is 13.8. The molecule has 2 saturated heterocycles. The van der Waals surface area contributed by atoms with Crippen molar-refractivity contribution >= 4 is 45.2 Å². The van der Waals surface area contributed by atoms with Gasteiger partial charge in [-0.3, -0.25) is 19.2 Å². The molecule has 0 saturated carbocycles. The third kappa shape index (κ3) is 8.73. The summed E-state index contributed by atoms with van der Waals surface area (Å²) in [5, 5.41) is 9.65. The van der Waals surface area contributed by atoms with Crippen LogP contribution in [0.1, 0.15) is 58.4 Å². The van der Waals surface area contributed by atoms with Gasteiger partial charge in [0.15, 0.2) is 0 Å². The van der Waals surface area contributed by atoms with E-state index in [1.54, 1.807) is 46.5 Å². The second-order valence-electron chi connectivity index (χ2n) is 11.6. The quantitative estimate of drug-likeness (QED) is 0.277. The van der Waals surface area contributed by atoms with Crippen LogP contribution in [-0.2, 0) is 25.6 Å². The predicted octanol–water partition coefficient (Wildman–Crippen LogP) is 3.74. The maximum Gasteiger partial charge on any atom is 0.246 e. The van der Waals surface area contributed by atoms with E-state index in [0.717, 1.165) is 29.2 Å². The summed E-state index contributed by atoms with van der Waals surface area (Å²) >= 11 is 0. The molecule has 3 heterocycles. The lowest BCUT2D eigenvalue weighted by Crippen LogP contribution is -2.64. The number of hydrogen-bond donors (Lipinski definition) is 3. The minimum atomic E-state index is -1.29. The number of hydrogen-bond acceptors (Lipinski definition) is 7. The third-order valence-electron chi connectivity index (χ3n) is 7.79. The van der Waals surface area contributed by atoms with Crippen LogP contribution in [0.4, 0.5) is 0 Å². The Morgan fingerprint density at radius 2 is 1.74 bits per heavy atom. The van der Waals surface area contributed by atoms with Gasteiger partial charge in [-0.15, -0.1) is 0 Å². The van der Waals surface area contributed by atoms with Gasteiger partial charge in [0.25, 0.3) is 0 Å². The number of fused-ring (bicyclic) bond motifs is 1. The maximum absolute atomic E-state index is 13.8. The molecule has 1 aromatic carbocycles. The van der Waals surface area contributed by atoms with E-state index in [2.05, 4.69) is 27.9 Å². The van der Waals surface area contributed by atoms with E-state index in [-0.39, 0.29) is 11.8 Å². The van der Waals surface area contributed by atoms with Crippen LogP contribution in [0.15, 0.2) is 59.8 Å². The lowest BCUT2D eigenvalue weighted by molar-refractivity contribution is -0.144. The fourth-order valence-corrected chi connectivity index (χ4v) is 7.36. The van der Waals surface area contributed by atoms with Gasteiger partial charge < -0.3 is 20.9 Å². The lowest BCUT2D eigenvalue weighted by Gasteiger charge is -2.34. The largest absolute Gasteiger partial charge is 0.343 e. The van der Waals surface area contributed by atoms with Gasteiger partial charge in [0, 0.05) is 24.9 Å². The summed E-state index contributed by atoms with van der Waals surface area (Å²) in [5.74, 6) is -0.179. The molecule has 1 unspecified atom stereocenters. The first kappa shape index (κ1) is 31.9. The van der Waals surface area contributed by atoms with Crippen LogP contribution in [0, 0.1) is 5.92 Å². The molecule has 2 aliphatic heterocycles. The molecular formula is C31H41N5O4S2. The number of rotatable bonds is 10. The van der Waals surface area contributed by atoms with Crippen molar-refractivity contribution in [2.45, 2.75) is 88.0 Å². The molecular weight excluding hydrogens is 571 g/mol. The summed E-state index contributed by atoms with van der Waals surface area (Å²) < 4.78 is 0. The Balaban J connectivity index is 1.43. The van der Waals surface area contributed by atoms with Crippen LogP contribution in [0.3, 0.4) is 0 Å². The van der Waals surface area contributed by atoms with Crippen molar-refractivity contribution in [1.29, 1.82) is 0 Å². The highest BCUT2D eigenvalue weighted by Crippen LogP contribution is 2.31. The molecule has 0 spiro atoms. The van der Waals surface area contributed by atoms with Crippen LogP contribution >= 0.6 is 21.6 Å². The van der Waals surface area contributed by atoms with Gasteiger partial charge in [0.2, 0.25) is 23.6 Å². The first-order valence-corrected chi connectivity index (χ1v) is 16.9. The van der Waals surface area contributed by atoms with E-state index >= 15 is 0 Å². The van der Waals surface area contributed by atoms with Gasteiger partial charge >= 0.3 is 0 Å². The molecule has 2 fully saturated rings. The van der Waals surface area contributed by atoms with Crippen LogP contribution in [0.5, 0.6) is 0 Å². The third-order valence-corrected chi connectivity index (χ3v) is 10.1. The molecule has 2 aromatic rings. The average Bonchev–Trinajstić information content (AvgIpc) is 3.47. The number of pyridine rings is 1. The summed E-state index contributed by atoms with van der Waals surface area (Å²) in [6.07, 6.45) is 5.39. The first-order chi connectivity index (χ1) is 20.1. The van der Waals surface area contributed by atoms with Crippen molar-refractivity contribution in [3.63, 3.8) is 0 Å². The van der Waals surface area contributed by atoms with E-state index < -0.39 is 35.5 Å². The number of nitrogens with one attached hydrogen (secondary N) is 3. The Morgan fingerprint density at radius 3 is 2.48 bits per heavy atom. The van der Waals surface area contributed by atoms with Crippen LogP contribution in [0.2, 0.25) is 0 Å². The fourth-order valence-electron chi connectivity index (χ4n) is 5.22. The summed E-state index contributed by atoms with van der Waals surface area (Å²) in [4.78, 5) is 60.1. The van der Waals surface area contributed by atoms with Crippen LogP contribution in [0.25, 0.3) is 0 Å². The summed E-state index contributed by atoms with van der Waals surface area (Å²) in [7, 11) is 3.39. The Bertz CT molecular complexity index is 1230. The van der Waals surface area contributed by atoms with Gasteiger partial charge in [-0.2, -0.15) is 0 Å². The highest BCUT2D eigenvalue weighted by molar-refractivity contribution is 8.76. The number of benzene rings is 1. The predicted molar refractivity (Wildman–Crippen MR) is 167 cm³/mol. The molecule has 4 amide bonds. The molecule has 3 N–H and O–H groups in total. The van der Waals surface area contributed by atoms with Crippen LogP contribution < -0.4 is 16.0 Å². The van der Waals surface area contributed by atoms with Gasteiger partial charge in [0.05, 0.1) is 0 Å². The number of amides is 4. The van der Waals surface area contributed by atoms with E-state index in [1.165, 1.54) is 0 Å². The van der Waals surface area contributed by atoms with Crippen molar-refractivity contribution in [3.8, 4) is 0 Å². The van der Waals surface area contributed by atoms with E-state index in [4.69, 9.17) is 0 Å². The normalized spacial score (nSPS) is 23.6. The Morgan fingerprint density at radius 1 is 0.976 bits per heavy atom. The zero-order valence-corrected chi connectivity index (χ0v) is 26.1. The van der Waals surface area contributed by atoms with Crippen molar-refractivity contribution in [2.75, 3.05) is 12.3 Å². The zero-order chi connectivity index (χ0) is 30.1. The molecule has 4 rings (SSSR count). The topological polar surface area (TPSA) is 120 Å². The Hall–Kier alpha value is -3.05. The monoisotopic (exact) mass is 611 g/mol. The molecule has 0 radical (unpaired) electrons. The molecule has 11 heteroatoms. The summed E-state index contributed by atoms with van der Waals surface area (Å²) in [5.41, 5.74) is -0.391. The van der Waals surface area contributed by atoms with E-state index in [0.29, 0.717) is 38.1 Å². The van der Waals surface area contributed by atoms with E-state index in [9.17, 15) is 19.2 Å². The van der Waals surface area contributed by atoms with Crippen LogP contribution in [-0.4, -0.2) is 69.5 Å². The minimum Gasteiger partial charge on any atom is -0.343 e. The van der Waals surface area contributed by atoms with Gasteiger partial charge in [0.1, 0.15) is 28.7 Å². The van der Waals surface area contributed by atoms with Crippen molar-refractivity contribution in [1.82, 2.24) is 25.8 Å². The zero-order valence-electron chi connectivity index (χ0n) is 24.5. The summed E-state index contributed by atoms with van der Waals surface area (Å²) in [6.45, 7) is 5.81. The standard InChI is InChI=1S/C31H41N5O4S2/c1-21(16-19-41-42-26-13-7-8-17-32-26)14-15-23-27(37)35-31(2,3)30(40)34-24(20-22-10-5-4-6-11-22)29(39)36-18-9-12-25(36)28(38)33-23/h4-8,10-11,13,17,21,23-25H,9,12,14-16,18-20H2,1-3H3,(H,33,38)(H,34,40)(H,35,37)/t21?,23-,24-,25+/m0/s1. The molecule has 0 bridgehead atoms. The Kier molecular flexibility index (Phi) is 11.3. The molecule has 0 aliphatic carbocycles. The number of nitrogens with zero attached hydrogens (tertiary/aromatic N) is 2. The van der Waals surface area contributed by atoms with Gasteiger partial charge in [-0.1, -0.05) is 54.1 Å². The molecule has 4 atom stereocenters. The minimum absolute atomic E-state index is 0.279. The number of carbonyl (C=O) groups excluding carboxylic acids is 4. The van der Waals surface area contributed by atoms with Crippen molar-refractivity contribution in [3.05, 3.63) is 60.3 Å². The molecule has 2 aliphatic rings. The second kappa shape index (κ2) is 14.9. The average molecular weight is 612 g/mol. The fraction of sp³-hybridized carbons (Fsp3) is 0.516. The number of carbonyl (C=O) groups is 4. The van der Waals surface area contributed by atoms with Gasteiger partial charge in [-0.05, 0) is 80.4 Å². The smallest absolute Gasteiger partial charge is 0.246 e. The van der Waals surface area contributed by atoms with E-state index in [1.807, 2.05) is 48.5 Å². The second-order valence-corrected chi connectivity index (χ2v) is 14.1. The van der Waals surface area contributed by atoms with Gasteiger partial charge in [-0.25, -0.2) is 4.98 Å². The molecule has 42 heavy (non-hydrogen) atoms. The molecule has 1 aromatic heterocycles. The van der Waals surface area contributed by atoms with Crippen molar-refractivity contribution < 1.29 is 19.2 Å². The molecule has 226 valence electrons. The first-order valence-electron chi connectivity index (χ1n) is 14.6. The Labute approximate surface area is 256 Å². The molecule has 9 nitrogen and oxygen atoms in total. The SMILES string of the molecule is CC(CCSSc1ccccn1)CC[C@@H]1NC(=O)[C@H]2CCCN2C(=O)[C@H](Cc2ccccc2)NC(=O)C(C)(C)NC1=O. The summed E-state index contributed by atoms with van der Waals surface area (Å²) in [6, 6.07) is 13.0.